The average molecular weight is 172 g/mol. The van der Waals surface area contributed by atoms with Crippen LogP contribution in [0, 0.1) is 15.7 Å². The van der Waals surface area contributed by atoms with Crippen LogP contribution in [-0.2, 0) is 4.79 Å². The first-order valence-electron chi connectivity index (χ1n) is 3.54. The van der Waals surface area contributed by atoms with Gasteiger partial charge in [-0.05, 0) is 0 Å². The monoisotopic (exact) mass is 172 g/mol. The molecule has 1 aliphatic carbocycles. The predicted molar refractivity (Wildman–Crippen MR) is 39.4 cm³/mol. The number of Topliss-reactive ketones (excluding diaryl/α,β-unsaturated/α-hetero) is 1. The standard InChI is InChI=1S/C6H8N2O4/c9-5-1-4(8-12)3(2-7-11)6(5)10/h3-5,9H,1-2H2/t3-,4+,5-/m1/s1. The van der Waals surface area contributed by atoms with Crippen molar-refractivity contribution in [1.82, 2.24) is 0 Å². The van der Waals surface area contributed by atoms with Crippen LogP contribution in [0.25, 0.3) is 0 Å². The Hall–Kier alpha value is -1.17. The van der Waals surface area contributed by atoms with Gasteiger partial charge >= 0.3 is 0 Å². The van der Waals surface area contributed by atoms with E-state index in [0.717, 1.165) is 0 Å². The highest BCUT2D eigenvalue weighted by molar-refractivity contribution is 5.88. The summed E-state index contributed by atoms with van der Waals surface area (Å²) < 4.78 is 0. The minimum Gasteiger partial charge on any atom is -0.385 e. The molecular formula is C6H8N2O4. The molecular weight excluding hydrogens is 164 g/mol. The third-order valence-electron chi connectivity index (χ3n) is 2.03. The van der Waals surface area contributed by atoms with E-state index in [0.29, 0.717) is 0 Å². The molecule has 6 nitrogen and oxygen atoms in total. The first-order chi connectivity index (χ1) is 5.70. The van der Waals surface area contributed by atoms with Gasteiger partial charge in [0, 0.05) is 6.42 Å². The van der Waals surface area contributed by atoms with Crippen LogP contribution < -0.4 is 0 Å². The molecule has 0 aliphatic heterocycles. The lowest BCUT2D eigenvalue weighted by Crippen LogP contribution is -2.23. The number of hydrogen-bond donors (Lipinski definition) is 1. The first kappa shape index (κ1) is 8.92. The Labute approximate surface area is 67.9 Å². The molecule has 6 heteroatoms. The molecule has 1 fully saturated rings. The number of aliphatic hydroxyl groups excluding tert-OH is 1. The number of carbonyl (C=O) groups excluding carboxylic acids is 1. The third-order valence-corrected chi connectivity index (χ3v) is 2.03. The molecule has 0 aromatic heterocycles. The van der Waals surface area contributed by atoms with Crippen molar-refractivity contribution in [3.05, 3.63) is 9.81 Å². The summed E-state index contributed by atoms with van der Waals surface area (Å²) >= 11 is 0. The fourth-order valence-electron chi connectivity index (χ4n) is 1.35. The summed E-state index contributed by atoms with van der Waals surface area (Å²) in [6, 6.07) is -0.787. The highest BCUT2D eigenvalue weighted by Crippen LogP contribution is 2.25. The van der Waals surface area contributed by atoms with Crippen LogP contribution in [0.5, 0.6) is 0 Å². The topological polar surface area (TPSA) is 96.2 Å². The highest BCUT2D eigenvalue weighted by atomic mass is 16.3. The summed E-state index contributed by atoms with van der Waals surface area (Å²) in [5.74, 6) is -1.31. The highest BCUT2D eigenvalue weighted by Gasteiger charge is 2.42. The Kier molecular flexibility index (Phi) is 2.59. The lowest BCUT2D eigenvalue weighted by atomic mass is 10.0. The molecule has 0 heterocycles. The van der Waals surface area contributed by atoms with Gasteiger partial charge in [-0.15, -0.1) is 0 Å². The maximum absolute atomic E-state index is 11.0. The van der Waals surface area contributed by atoms with Crippen molar-refractivity contribution < 1.29 is 9.90 Å². The molecule has 1 aliphatic rings. The van der Waals surface area contributed by atoms with Crippen LogP contribution in [0.4, 0.5) is 0 Å². The maximum atomic E-state index is 11.0. The lowest BCUT2D eigenvalue weighted by molar-refractivity contribution is -0.127. The summed E-state index contributed by atoms with van der Waals surface area (Å²) in [7, 11) is 0. The molecule has 0 bridgehead atoms. The molecule has 66 valence electrons. The fraction of sp³-hybridized carbons (Fsp3) is 0.833. The van der Waals surface area contributed by atoms with Crippen molar-refractivity contribution in [3.63, 3.8) is 0 Å². The maximum Gasteiger partial charge on any atom is 0.168 e. The molecule has 1 rings (SSSR count). The molecule has 0 aromatic carbocycles. The molecule has 0 saturated heterocycles. The Morgan fingerprint density at radius 2 is 2.17 bits per heavy atom. The average Bonchev–Trinajstić information content (AvgIpc) is 2.33. The largest absolute Gasteiger partial charge is 0.385 e. The van der Waals surface area contributed by atoms with E-state index in [2.05, 4.69) is 10.4 Å². The molecule has 0 spiro atoms. The lowest BCUT2D eigenvalue weighted by Gasteiger charge is -2.04. The number of rotatable bonds is 3. The van der Waals surface area contributed by atoms with Gasteiger partial charge in [-0.1, -0.05) is 10.4 Å². The summed E-state index contributed by atoms with van der Waals surface area (Å²) in [5, 5.41) is 14.2. The van der Waals surface area contributed by atoms with Crippen molar-refractivity contribution in [2.24, 2.45) is 16.3 Å². The molecule has 0 aromatic rings. The van der Waals surface area contributed by atoms with Gasteiger partial charge in [0.05, 0.1) is 12.5 Å². The first-order valence-corrected chi connectivity index (χ1v) is 3.54. The van der Waals surface area contributed by atoms with Crippen molar-refractivity contribution in [3.8, 4) is 0 Å². The van der Waals surface area contributed by atoms with E-state index in [4.69, 9.17) is 5.11 Å². The minimum absolute atomic E-state index is 0.0164. The summed E-state index contributed by atoms with van der Waals surface area (Å²) in [6.07, 6.45) is -1.14. The predicted octanol–water partition coefficient (Wildman–Crippen LogP) is -0.162. The number of nitrogens with zero attached hydrogens (tertiary/aromatic N) is 2. The van der Waals surface area contributed by atoms with Crippen LogP contribution in [0.1, 0.15) is 6.42 Å². The third kappa shape index (κ3) is 1.38. The number of ketones is 1. The minimum atomic E-state index is -1.15. The van der Waals surface area contributed by atoms with Crippen molar-refractivity contribution in [2.75, 3.05) is 6.54 Å². The SMILES string of the molecule is O=NC[C@H]1C(=O)[C@H](O)C[C@@H]1N=O. The molecule has 1 saturated carbocycles. The van der Waals surface area contributed by atoms with E-state index in [1.807, 2.05) is 0 Å². The van der Waals surface area contributed by atoms with Gasteiger partial charge in [0.15, 0.2) is 5.78 Å². The molecule has 0 amide bonds. The Morgan fingerprint density at radius 3 is 2.67 bits per heavy atom. The number of hydrogen-bond acceptors (Lipinski definition) is 6. The smallest absolute Gasteiger partial charge is 0.168 e. The number of carbonyl (C=O) groups is 1. The molecule has 3 atom stereocenters. The van der Waals surface area contributed by atoms with Crippen LogP contribution in [-0.4, -0.2) is 29.6 Å². The van der Waals surface area contributed by atoms with E-state index in [1.165, 1.54) is 0 Å². The van der Waals surface area contributed by atoms with Gasteiger partial charge in [-0.2, -0.15) is 9.81 Å². The van der Waals surface area contributed by atoms with E-state index < -0.39 is 23.8 Å². The second-order valence-corrected chi connectivity index (χ2v) is 2.74. The zero-order valence-corrected chi connectivity index (χ0v) is 6.21. The van der Waals surface area contributed by atoms with Gasteiger partial charge < -0.3 is 5.11 Å². The van der Waals surface area contributed by atoms with Crippen LogP contribution >= 0.6 is 0 Å². The van der Waals surface area contributed by atoms with Gasteiger partial charge in [-0.3, -0.25) is 4.79 Å². The zero-order valence-electron chi connectivity index (χ0n) is 6.21. The number of nitroso groups, excluding NO2 is 2. The summed E-state index contributed by atoms with van der Waals surface area (Å²) in [6.45, 7) is -0.272. The fourth-order valence-corrected chi connectivity index (χ4v) is 1.35. The van der Waals surface area contributed by atoms with E-state index >= 15 is 0 Å². The van der Waals surface area contributed by atoms with Crippen LogP contribution in [0.15, 0.2) is 10.4 Å². The Balaban J connectivity index is 2.72. The molecule has 0 unspecified atom stereocenters. The van der Waals surface area contributed by atoms with Gasteiger partial charge in [0.25, 0.3) is 0 Å². The van der Waals surface area contributed by atoms with Gasteiger partial charge in [0.1, 0.15) is 12.1 Å². The van der Waals surface area contributed by atoms with E-state index in [1.54, 1.807) is 0 Å². The summed E-state index contributed by atoms with van der Waals surface area (Å²) in [4.78, 5) is 31.0. The quantitative estimate of drug-likeness (QED) is 0.598. The second-order valence-electron chi connectivity index (χ2n) is 2.74. The number of aliphatic hydroxyl groups is 1. The normalized spacial score (nSPS) is 35.1. The van der Waals surface area contributed by atoms with Crippen molar-refractivity contribution >= 4 is 5.78 Å². The second kappa shape index (κ2) is 3.48. The Bertz CT molecular complexity index is 218. The van der Waals surface area contributed by atoms with Crippen molar-refractivity contribution in [1.29, 1.82) is 0 Å². The van der Waals surface area contributed by atoms with Gasteiger partial charge in [0.2, 0.25) is 0 Å². The van der Waals surface area contributed by atoms with Crippen molar-refractivity contribution in [2.45, 2.75) is 18.6 Å². The molecule has 0 radical (unpaired) electrons. The van der Waals surface area contributed by atoms with Gasteiger partial charge in [-0.25, -0.2) is 0 Å². The molecule has 1 N–H and O–H groups in total. The zero-order chi connectivity index (χ0) is 9.14. The summed E-state index contributed by atoms with van der Waals surface area (Å²) in [5.41, 5.74) is 0. The van der Waals surface area contributed by atoms with Crippen LogP contribution in [0.3, 0.4) is 0 Å². The Morgan fingerprint density at radius 1 is 1.50 bits per heavy atom. The van der Waals surface area contributed by atoms with Crippen LogP contribution in [0.2, 0.25) is 0 Å². The van der Waals surface area contributed by atoms with E-state index in [9.17, 15) is 14.6 Å². The van der Waals surface area contributed by atoms with E-state index in [-0.39, 0.29) is 13.0 Å². The molecule has 12 heavy (non-hydrogen) atoms.